The molecule has 0 aromatic heterocycles. The summed E-state index contributed by atoms with van der Waals surface area (Å²) in [6.07, 6.45) is 3.76. The van der Waals surface area contributed by atoms with E-state index < -0.39 is 0 Å². The van der Waals surface area contributed by atoms with Crippen molar-refractivity contribution >= 4 is 5.91 Å². The number of amides is 1. The quantitative estimate of drug-likeness (QED) is 0.674. The molecule has 1 aliphatic heterocycles. The van der Waals surface area contributed by atoms with Crippen LogP contribution >= 0.6 is 0 Å². The van der Waals surface area contributed by atoms with Crippen molar-refractivity contribution < 1.29 is 14.3 Å². The van der Waals surface area contributed by atoms with Crippen LogP contribution in [0.1, 0.15) is 42.9 Å². The van der Waals surface area contributed by atoms with Crippen LogP contribution in [0.3, 0.4) is 0 Å². The van der Waals surface area contributed by atoms with Crippen LogP contribution in [0.25, 0.3) is 0 Å². The summed E-state index contributed by atoms with van der Waals surface area (Å²) in [6, 6.07) is 14.4. The second-order valence-corrected chi connectivity index (χ2v) is 8.27. The smallest absolute Gasteiger partial charge is 0.220 e. The van der Waals surface area contributed by atoms with Crippen molar-refractivity contribution in [2.75, 3.05) is 27.3 Å². The van der Waals surface area contributed by atoms with E-state index >= 15 is 0 Å². The average Bonchev–Trinajstić information content (AvgIpc) is 2.77. The maximum atomic E-state index is 12.3. The minimum atomic E-state index is 0.0520. The van der Waals surface area contributed by atoms with Crippen molar-refractivity contribution in [1.82, 2.24) is 10.2 Å². The van der Waals surface area contributed by atoms with Gasteiger partial charge in [-0.1, -0.05) is 37.3 Å². The van der Waals surface area contributed by atoms with Gasteiger partial charge in [0.05, 0.1) is 14.2 Å². The number of rotatable bonds is 9. The number of carbonyl (C=O) groups is 1. The van der Waals surface area contributed by atoms with Crippen LogP contribution in [-0.2, 0) is 24.3 Å². The van der Waals surface area contributed by atoms with Crippen LogP contribution < -0.4 is 14.8 Å². The van der Waals surface area contributed by atoms with E-state index in [1.165, 1.54) is 31.5 Å². The SMILES string of the molecule is COc1ccc(CCC(=O)NCc2ccc(CN3CCC[C@@H](C)C3)cc2)cc1OC. The Bertz CT molecular complexity index is 820. The Balaban J connectivity index is 1.42. The van der Waals surface area contributed by atoms with Gasteiger partial charge in [-0.15, -0.1) is 0 Å². The lowest BCUT2D eigenvalue weighted by atomic mass is 9.99. The van der Waals surface area contributed by atoms with Gasteiger partial charge in [-0.2, -0.15) is 0 Å². The molecular formula is C25H34N2O3. The van der Waals surface area contributed by atoms with Crippen molar-refractivity contribution in [3.05, 3.63) is 59.2 Å². The molecule has 1 aliphatic rings. The molecule has 1 N–H and O–H groups in total. The maximum Gasteiger partial charge on any atom is 0.220 e. The Morgan fingerprint density at radius 3 is 2.43 bits per heavy atom. The number of nitrogens with one attached hydrogen (secondary N) is 1. The fourth-order valence-corrected chi connectivity index (χ4v) is 4.03. The fourth-order valence-electron chi connectivity index (χ4n) is 4.03. The van der Waals surface area contributed by atoms with Crippen LogP contribution in [0.5, 0.6) is 11.5 Å². The van der Waals surface area contributed by atoms with E-state index in [1.54, 1.807) is 14.2 Å². The van der Waals surface area contributed by atoms with E-state index in [0.717, 1.165) is 23.6 Å². The van der Waals surface area contributed by atoms with Crippen LogP contribution in [0.15, 0.2) is 42.5 Å². The van der Waals surface area contributed by atoms with Crippen molar-refractivity contribution in [2.45, 2.75) is 45.7 Å². The summed E-state index contributed by atoms with van der Waals surface area (Å²) in [5.41, 5.74) is 3.53. The lowest BCUT2D eigenvalue weighted by Gasteiger charge is -2.30. The third kappa shape index (κ3) is 6.49. The number of aryl methyl sites for hydroxylation is 1. The second-order valence-electron chi connectivity index (χ2n) is 8.27. The molecule has 30 heavy (non-hydrogen) atoms. The highest BCUT2D eigenvalue weighted by atomic mass is 16.5. The number of nitrogens with zero attached hydrogens (tertiary/aromatic N) is 1. The largest absolute Gasteiger partial charge is 0.493 e. The number of piperidine rings is 1. The molecule has 1 fully saturated rings. The molecule has 0 radical (unpaired) electrons. The van der Waals surface area contributed by atoms with Gasteiger partial charge in [0.1, 0.15) is 0 Å². The number of hydrogen-bond acceptors (Lipinski definition) is 4. The van der Waals surface area contributed by atoms with E-state index in [4.69, 9.17) is 9.47 Å². The zero-order chi connectivity index (χ0) is 21.3. The zero-order valence-electron chi connectivity index (χ0n) is 18.4. The molecule has 2 aromatic rings. The van der Waals surface area contributed by atoms with Gasteiger partial charge in [-0.25, -0.2) is 0 Å². The van der Waals surface area contributed by atoms with Gasteiger partial charge >= 0.3 is 0 Å². The molecule has 0 unspecified atom stereocenters. The normalized spacial score (nSPS) is 16.8. The third-order valence-corrected chi connectivity index (χ3v) is 5.75. The first-order valence-corrected chi connectivity index (χ1v) is 10.8. The van der Waals surface area contributed by atoms with Crippen LogP contribution in [0.4, 0.5) is 0 Å². The van der Waals surface area contributed by atoms with Gasteiger partial charge in [0.25, 0.3) is 0 Å². The number of carbonyl (C=O) groups excluding carboxylic acids is 1. The van der Waals surface area contributed by atoms with Crippen molar-refractivity contribution in [3.63, 3.8) is 0 Å². The molecule has 5 nitrogen and oxygen atoms in total. The number of benzene rings is 2. The molecule has 1 amide bonds. The third-order valence-electron chi connectivity index (χ3n) is 5.75. The minimum Gasteiger partial charge on any atom is -0.493 e. The Morgan fingerprint density at radius 2 is 1.73 bits per heavy atom. The van der Waals surface area contributed by atoms with Crippen LogP contribution in [-0.4, -0.2) is 38.1 Å². The number of likely N-dealkylation sites (tertiary alicyclic amines) is 1. The monoisotopic (exact) mass is 410 g/mol. The highest BCUT2D eigenvalue weighted by Crippen LogP contribution is 2.28. The summed E-state index contributed by atoms with van der Waals surface area (Å²) >= 11 is 0. The molecule has 0 spiro atoms. The molecule has 162 valence electrons. The van der Waals surface area contributed by atoms with Gasteiger partial charge in [0.2, 0.25) is 5.91 Å². The molecule has 1 atom stereocenters. The fraction of sp³-hybridized carbons (Fsp3) is 0.480. The Morgan fingerprint density at radius 1 is 1.03 bits per heavy atom. The topological polar surface area (TPSA) is 50.8 Å². The lowest BCUT2D eigenvalue weighted by Crippen LogP contribution is -2.33. The van der Waals surface area contributed by atoms with Crippen molar-refractivity contribution in [3.8, 4) is 11.5 Å². The standard InChI is InChI=1S/C25H34N2O3/c1-19-5-4-14-27(17-19)18-22-8-6-21(7-9-22)16-26-25(28)13-11-20-10-12-23(29-2)24(15-20)30-3/h6-10,12,15,19H,4-5,11,13-14,16-18H2,1-3H3,(H,26,28)/t19-/m1/s1. The number of hydrogen-bond donors (Lipinski definition) is 1. The summed E-state index contributed by atoms with van der Waals surface area (Å²) in [5, 5.41) is 3.02. The molecule has 5 heteroatoms. The summed E-state index contributed by atoms with van der Waals surface area (Å²) in [6.45, 7) is 6.30. The van der Waals surface area contributed by atoms with Gasteiger partial charge in [-0.05, 0) is 60.5 Å². The molecule has 0 bridgehead atoms. The van der Waals surface area contributed by atoms with E-state index in [0.29, 0.717) is 30.9 Å². The Kier molecular flexibility index (Phi) is 8.14. The van der Waals surface area contributed by atoms with Gasteiger partial charge in [-0.3, -0.25) is 9.69 Å². The van der Waals surface area contributed by atoms with Gasteiger partial charge in [0.15, 0.2) is 11.5 Å². The van der Waals surface area contributed by atoms with Crippen LogP contribution in [0, 0.1) is 5.92 Å². The highest BCUT2D eigenvalue weighted by molar-refractivity contribution is 5.76. The molecule has 3 rings (SSSR count). The van der Waals surface area contributed by atoms with Crippen LogP contribution in [0.2, 0.25) is 0 Å². The minimum absolute atomic E-state index is 0.0520. The predicted octanol–water partition coefficient (Wildman–Crippen LogP) is 4.18. The summed E-state index contributed by atoms with van der Waals surface area (Å²) in [7, 11) is 3.23. The molecule has 1 heterocycles. The molecule has 0 saturated carbocycles. The molecular weight excluding hydrogens is 376 g/mol. The summed E-state index contributed by atoms with van der Waals surface area (Å²) in [4.78, 5) is 14.8. The first kappa shape index (κ1) is 22.2. The Hall–Kier alpha value is -2.53. The second kappa shape index (κ2) is 11.0. The molecule has 1 saturated heterocycles. The van der Waals surface area contributed by atoms with E-state index in [1.807, 2.05) is 18.2 Å². The lowest BCUT2D eigenvalue weighted by molar-refractivity contribution is -0.121. The highest BCUT2D eigenvalue weighted by Gasteiger charge is 2.16. The first-order valence-electron chi connectivity index (χ1n) is 10.8. The molecule has 2 aromatic carbocycles. The number of ether oxygens (including phenoxy) is 2. The van der Waals surface area contributed by atoms with Gasteiger partial charge < -0.3 is 14.8 Å². The van der Waals surface area contributed by atoms with Crippen molar-refractivity contribution in [2.24, 2.45) is 5.92 Å². The summed E-state index contributed by atoms with van der Waals surface area (Å²) in [5.74, 6) is 2.24. The van der Waals surface area contributed by atoms with E-state index in [9.17, 15) is 4.79 Å². The molecule has 0 aliphatic carbocycles. The predicted molar refractivity (Wildman–Crippen MR) is 120 cm³/mol. The zero-order valence-corrected chi connectivity index (χ0v) is 18.4. The first-order chi connectivity index (χ1) is 14.6. The van der Waals surface area contributed by atoms with Crippen molar-refractivity contribution in [1.29, 1.82) is 0 Å². The summed E-state index contributed by atoms with van der Waals surface area (Å²) < 4.78 is 10.6. The van der Waals surface area contributed by atoms with E-state index in [-0.39, 0.29) is 5.91 Å². The van der Waals surface area contributed by atoms with E-state index in [2.05, 4.69) is 41.4 Å². The number of methoxy groups -OCH3 is 2. The Labute approximate surface area is 180 Å². The maximum absolute atomic E-state index is 12.3. The van der Waals surface area contributed by atoms with Gasteiger partial charge in [0, 0.05) is 26.1 Å². The average molecular weight is 411 g/mol.